The summed E-state index contributed by atoms with van der Waals surface area (Å²) in [6.45, 7) is 6.93. The zero-order valence-electron chi connectivity index (χ0n) is 13.5. The molecule has 0 spiro atoms. The number of nitrogens with two attached hydrogens (primary N) is 1. The molecule has 0 atom stereocenters. The number of benzene rings is 1. The molecule has 0 bridgehead atoms. The maximum Gasteiger partial charge on any atom is 0.268 e. The molecule has 1 aromatic heterocycles. The Hall–Kier alpha value is -1.92. The van der Waals surface area contributed by atoms with Crippen molar-refractivity contribution in [1.82, 2.24) is 10.3 Å². The molecule has 1 aromatic carbocycles. The number of hydrogen-bond donors (Lipinski definition) is 2. The monoisotopic (exact) mass is 333 g/mol. The number of nitrogens with one attached hydrogen (secondary N) is 1. The van der Waals surface area contributed by atoms with Gasteiger partial charge in [0.25, 0.3) is 5.91 Å². The normalized spacial score (nSPS) is 10.9. The molecule has 0 fully saturated rings. The van der Waals surface area contributed by atoms with Crippen LogP contribution in [0.25, 0.3) is 10.6 Å². The van der Waals surface area contributed by atoms with E-state index in [9.17, 15) is 4.79 Å². The number of nitrogens with zero attached hydrogens (tertiary/aromatic N) is 1. The van der Waals surface area contributed by atoms with E-state index in [-0.39, 0.29) is 0 Å². The summed E-state index contributed by atoms with van der Waals surface area (Å²) >= 11 is 1.40. The highest BCUT2D eigenvalue weighted by Crippen LogP contribution is 2.25. The predicted molar refractivity (Wildman–Crippen MR) is 93.9 cm³/mol. The number of carbonyl (C=O) groups is 1. The van der Waals surface area contributed by atoms with Crippen LogP contribution in [-0.4, -0.2) is 30.6 Å². The highest BCUT2D eigenvalue weighted by Gasteiger charge is 2.08. The lowest BCUT2D eigenvalue weighted by Crippen LogP contribution is -2.22. The predicted octanol–water partition coefficient (Wildman–Crippen LogP) is 2.92. The number of aromatic nitrogens is 1. The maximum absolute atomic E-state index is 11.1. The quantitative estimate of drug-likeness (QED) is 0.692. The number of hydrogen-bond acceptors (Lipinski definition) is 5. The Balaban J connectivity index is 1.79. The molecule has 0 aliphatic heterocycles. The lowest BCUT2D eigenvalue weighted by molar-refractivity contribution is 0.0996. The van der Waals surface area contributed by atoms with Crippen LogP contribution in [0.4, 0.5) is 0 Å². The van der Waals surface area contributed by atoms with Crippen molar-refractivity contribution in [3.8, 4) is 16.3 Å². The lowest BCUT2D eigenvalue weighted by Gasteiger charge is -2.09. The van der Waals surface area contributed by atoms with Crippen LogP contribution in [0.15, 0.2) is 29.6 Å². The molecule has 1 heterocycles. The molecule has 124 valence electrons. The Morgan fingerprint density at radius 3 is 2.65 bits per heavy atom. The summed E-state index contributed by atoms with van der Waals surface area (Å²) in [6.07, 6.45) is 1.18. The first-order chi connectivity index (χ1) is 11.1. The van der Waals surface area contributed by atoms with Crippen molar-refractivity contribution in [2.45, 2.75) is 20.3 Å². The third-order valence-electron chi connectivity index (χ3n) is 3.30. The van der Waals surface area contributed by atoms with Gasteiger partial charge in [-0.2, -0.15) is 0 Å². The second-order valence-corrected chi connectivity index (χ2v) is 6.57. The molecule has 0 saturated heterocycles. The van der Waals surface area contributed by atoms with Gasteiger partial charge in [-0.1, -0.05) is 13.8 Å². The molecule has 0 radical (unpaired) electrons. The topological polar surface area (TPSA) is 77.2 Å². The van der Waals surface area contributed by atoms with Gasteiger partial charge in [0.05, 0.1) is 0 Å². The van der Waals surface area contributed by atoms with Crippen LogP contribution in [0.3, 0.4) is 0 Å². The van der Waals surface area contributed by atoms with E-state index >= 15 is 0 Å². The van der Waals surface area contributed by atoms with Crippen LogP contribution in [0.2, 0.25) is 0 Å². The molecule has 0 aliphatic rings. The van der Waals surface area contributed by atoms with E-state index in [1.54, 1.807) is 5.38 Å². The second kappa shape index (κ2) is 8.64. The second-order valence-electron chi connectivity index (χ2n) is 5.71. The number of rotatable bonds is 9. The van der Waals surface area contributed by atoms with Gasteiger partial charge in [0.2, 0.25) is 0 Å². The molecule has 6 heteroatoms. The van der Waals surface area contributed by atoms with E-state index in [0.29, 0.717) is 12.3 Å². The fourth-order valence-corrected chi connectivity index (χ4v) is 2.79. The van der Waals surface area contributed by atoms with Gasteiger partial charge in [-0.05, 0) is 43.1 Å². The highest BCUT2D eigenvalue weighted by atomic mass is 32.1. The van der Waals surface area contributed by atoms with Crippen molar-refractivity contribution in [2.75, 3.05) is 19.7 Å². The maximum atomic E-state index is 11.1. The average Bonchev–Trinajstić information content (AvgIpc) is 3.01. The fraction of sp³-hybridized carbons (Fsp3) is 0.412. The van der Waals surface area contributed by atoms with E-state index < -0.39 is 5.91 Å². The number of thiazole rings is 1. The molecule has 1 amide bonds. The lowest BCUT2D eigenvalue weighted by atomic mass is 10.1. The minimum absolute atomic E-state index is 0.304. The van der Waals surface area contributed by atoms with Crippen molar-refractivity contribution < 1.29 is 9.53 Å². The molecule has 2 rings (SSSR count). The SMILES string of the molecule is CC(C)CCNCCOc1ccc(-c2nc(C(N)=O)cs2)cc1. The largest absolute Gasteiger partial charge is 0.492 e. The summed E-state index contributed by atoms with van der Waals surface area (Å²) in [7, 11) is 0. The van der Waals surface area contributed by atoms with Gasteiger partial charge in [-0.15, -0.1) is 11.3 Å². The molecule has 3 N–H and O–H groups in total. The van der Waals surface area contributed by atoms with E-state index in [0.717, 1.165) is 35.3 Å². The van der Waals surface area contributed by atoms with Gasteiger partial charge in [-0.3, -0.25) is 4.79 Å². The summed E-state index contributed by atoms with van der Waals surface area (Å²) in [6, 6.07) is 7.69. The van der Waals surface area contributed by atoms with Crippen molar-refractivity contribution in [3.05, 3.63) is 35.3 Å². The number of primary amides is 1. The first-order valence-corrected chi connectivity index (χ1v) is 8.63. The van der Waals surface area contributed by atoms with Crippen LogP contribution in [-0.2, 0) is 0 Å². The van der Waals surface area contributed by atoms with Crippen molar-refractivity contribution in [2.24, 2.45) is 11.7 Å². The van der Waals surface area contributed by atoms with Crippen molar-refractivity contribution in [3.63, 3.8) is 0 Å². The third-order valence-corrected chi connectivity index (χ3v) is 4.20. The minimum atomic E-state index is -0.502. The number of amides is 1. The van der Waals surface area contributed by atoms with Crippen LogP contribution < -0.4 is 15.8 Å². The Morgan fingerprint density at radius 2 is 2.04 bits per heavy atom. The Kier molecular flexibility index (Phi) is 6.55. The summed E-state index contributed by atoms with van der Waals surface area (Å²) in [4.78, 5) is 15.3. The zero-order valence-corrected chi connectivity index (χ0v) is 14.4. The third kappa shape index (κ3) is 5.65. The summed E-state index contributed by atoms with van der Waals surface area (Å²) in [5.41, 5.74) is 6.47. The van der Waals surface area contributed by atoms with Gasteiger partial charge in [0.15, 0.2) is 0 Å². The van der Waals surface area contributed by atoms with E-state index in [1.165, 1.54) is 17.8 Å². The van der Waals surface area contributed by atoms with E-state index in [4.69, 9.17) is 10.5 Å². The fourth-order valence-electron chi connectivity index (χ4n) is 1.97. The van der Waals surface area contributed by atoms with Crippen LogP contribution >= 0.6 is 11.3 Å². The molecular weight excluding hydrogens is 310 g/mol. The Labute approximate surface area is 140 Å². The molecule has 23 heavy (non-hydrogen) atoms. The highest BCUT2D eigenvalue weighted by molar-refractivity contribution is 7.13. The van der Waals surface area contributed by atoms with Crippen LogP contribution in [0.1, 0.15) is 30.8 Å². The molecular formula is C17H23N3O2S. The van der Waals surface area contributed by atoms with Crippen molar-refractivity contribution >= 4 is 17.2 Å². The zero-order chi connectivity index (χ0) is 16.7. The molecule has 5 nitrogen and oxygen atoms in total. The summed E-state index contributed by atoms with van der Waals surface area (Å²) < 4.78 is 5.69. The Bertz CT molecular complexity index is 623. The smallest absolute Gasteiger partial charge is 0.268 e. The van der Waals surface area contributed by atoms with E-state index in [2.05, 4.69) is 24.1 Å². The van der Waals surface area contributed by atoms with E-state index in [1.807, 2.05) is 24.3 Å². The first kappa shape index (κ1) is 17.4. The Morgan fingerprint density at radius 1 is 1.30 bits per heavy atom. The molecule has 0 unspecified atom stereocenters. The van der Waals surface area contributed by atoms with Gasteiger partial charge in [0, 0.05) is 17.5 Å². The van der Waals surface area contributed by atoms with Gasteiger partial charge < -0.3 is 15.8 Å². The molecule has 0 saturated carbocycles. The first-order valence-electron chi connectivity index (χ1n) is 7.75. The number of ether oxygens (including phenoxy) is 1. The van der Waals surface area contributed by atoms with Crippen LogP contribution in [0.5, 0.6) is 5.75 Å². The summed E-state index contributed by atoms with van der Waals surface area (Å²) in [5.74, 6) is 1.04. The minimum Gasteiger partial charge on any atom is -0.492 e. The molecule has 0 aliphatic carbocycles. The van der Waals surface area contributed by atoms with Crippen molar-refractivity contribution in [1.29, 1.82) is 0 Å². The van der Waals surface area contributed by atoms with Crippen LogP contribution in [0, 0.1) is 5.92 Å². The average molecular weight is 333 g/mol. The molecule has 2 aromatic rings. The number of carbonyl (C=O) groups excluding carboxylic acids is 1. The van der Waals surface area contributed by atoms with Gasteiger partial charge >= 0.3 is 0 Å². The summed E-state index contributed by atoms with van der Waals surface area (Å²) in [5, 5.41) is 5.81. The van der Waals surface area contributed by atoms with Gasteiger partial charge in [0.1, 0.15) is 23.1 Å². The van der Waals surface area contributed by atoms with Gasteiger partial charge in [-0.25, -0.2) is 4.98 Å². The standard InChI is InChI=1S/C17H23N3O2S/c1-12(2)7-8-19-9-10-22-14-5-3-13(4-6-14)17-20-15(11-23-17)16(18)21/h3-6,11-12,19H,7-10H2,1-2H3,(H2,18,21).